The second-order valence-corrected chi connectivity index (χ2v) is 7.98. The van der Waals surface area contributed by atoms with Gasteiger partial charge in [-0.05, 0) is 32.1 Å². The maximum Gasteiger partial charge on any atom is 0.197 e. The van der Waals surface area contributed by atoms with Gasteiger partial charge < -0.3 is 23.9 Å². The number of benzene rings is 2. The zero-order valence-corrected chi connectivity index (χ0v) is 18.2. The summed E-state index contributed by atoms with van der Waals surface area (Å²) in [4.78, 5) is 15.2. The quantitative estimate of drug-likeness (QED) is 0.636. The van der Waals surface area contributed by atoms with Crippen molar-refractivity contribution in [1.29, 1.82) is 0 Å². The lowest BCUT2D eigenvalue weighted by Gasteiger charge is -2.25. The number of rotatable bonds is 5. The predicted molar refractivity (Wildman–Crippen MR) is 117 cm³/mol. The van der Waals surface area contributed by atoms with Crippen LogP contribution in [0.1, 0.15) is 17.9 Å². The Hall–Kier alpha value is -2.61. The Kier molecular flexibility index (Phi) is 5.92. The van der Waals surface area contributed by atoms with Crippen LogP contribution >= 0.6 is 11.6 Å². The van der Waals surface area contributed by atoms with Gasteiger partial charge in [-0.1, -0.05) is 17.7 Å². The van der Waals surface area contributed by atoms with Crippen LogP contribution in [0.25, 0.3) is 22.3 Å². The molecule has 4 rings (SSSR count). The molecule has 1 aliphatic rings. The molecule has 8 heteroatoms. The van der Waals surface area contributed by atoms with Gasteiger partial charge in [0.25, 0.3) is 0 Å². The molecule has 2 heterocycles. The molecule has 0 unspecified atom stereocenters. The van der Waals surface area contributed by atoms with Gasteiger partial charge in [-0.25, -0.2) is 4.39 Å². The van der Waals surface area contributed by atoms with E-state index < -0.39 is 5.82 Å². The maximum atomic E-state index is 14.1. The van der Waals surface area contributed by atoms with E-state index in [0.29, 0.717) is 17.1 Å². The zero-order chi connectivity index (χ0) is 22.3. The van der Waals surface area contributed by atoms with Gasteiger partial charge in [-0.3, -0.25) is 4.79 Å². The molecule has 0 spiro atoms. The second-order valence-electron chi connectivity index (χ2n) is 7.60. The van der Waals surface area contributed by atoms with Crippen LogP contribution in [0.3, 0.4) is 0 Å². The summed E-state index contributed by atoms with van der Waals surface area (Å²) < 4.78 is 31.3. The third-order valence-corrected chi connectivity index (χ3v) is 6.39. The number of aliphatic hydroxyl groups excluding tert-OH is 1. The molecule has 3 aromatic rings. The summed E-state index contributed by atoms with van der Waals surface area (Å²) in [5.41, 5.74) is 0.894. The molecule has 1 aromatic heterocycles. The number of likely N-dealkylation sites (N-methyl/N-ethyl adjacent to an activating group) is 1. The summed E-state index contributed by atoms with van der Waals surface area (Å²) in [6, 6.07) is 7.11. The molecule has 0 bridgehead atoms. The van der Waals surface area contributed by atoms with Crippen LogP contribution in [0.2, 0.25) is 5.02 Å². The number of ether oxygens (including phenoxy) is 2. The van der Waals surface area contributed by atoms with Gasteiger partial charge in [0, 0.05) is 35.2 Å². The minimum Gasteiger partial charge on any atom is -0.496 e. The summed E-state index contributed by atoms with van der Waals surface area (Å²) in [7, 11) is 4.93. The van der Waals surface area contributed by atoms with Crippen LogP contribution in [-0.2, 0) is 0 Å². The minimum atomic E-state index is -0.608. The highest BCUT2D eigenvalue weighted by Crippen LogP contribution is 2.45. The number of fused-ring (bicyclic) bond motifs is 1. The van der Waals surface area contributed by atoms with Crippen molar-refractivity contribution in [3.63, 3.8) is 0 Å². The first kappa shape index (κ1) is 21.6. The van der Waals surface area contributed by atoms with E-state index in [1.807, 2.05) is 7.05 Å². The van der Waals surface area contributed by atoms with Crippen molar-refractivity contribution in [3.8, 4) is 22.8 Å². The number of hydrogen-bond acceptors (Lipinski definition) is 6. The van der Waals surface area contributed by atoms with Gasteiger partial charge in [0.1, 0.15) is 34.0 Å². The molecule has 1 N–H and O–H groups in total. The Morgan fingerprint density at radius 3 is 2.68 bits per heavy atom. The highest BCUT2D eigenvalue weighted by Gasteiger charge is 2.37. The average Bonchev–Trinajstić information content (AvgIpc) is 3.13. The normalized spacial score (nSPS) is 19.2. The molecule has 2 aromatic carbocycles. The van der Waals surface area contributed by atoms with Crippen LogP contribution < -0.4 is 14.9 Å². The predicted octanol–water partition coefficient (Wildman–Crippen LogP) is 4.05. The van der Waals surface area contributed by atoms with E-state index in [2.05, 4.69) is 4.90 Å². The summed E-state index contributed by atoms with van der Waals surface area (Å²) in [5.74, 6) is 0.204. The van der Waals surface area contributed by atoms with Gasteiger partial charge in [0.2, 0.25) is 0 Å². The lowest BCUT2D eigenvalue weighted by atomic mass is 9.89. The number of methoxy groups -OCH3 is 2. The number of aliphatic hydroxyl groups is 1. The van der Waals surface area contributed by atoms with Crippen molar-refractivity contribution in [2.24, 2.45) is 0 Å². The largest absolute Gasteiger partial charge is 0.496 e. The molecule has 0 amide bonds. The lowest BCUT2D eigenvalue weighted by molar-refractivity contribution is 0.171. The Labute approximate surface area is 183 Å². The molecular weight excluding hydrogens is 425 g/mol. The van der Waals surface area contributed by atoms with Crippen LogP contribution in [0.4, 0.5) is 4.39 Å². The van der Waals surface area contributed by atoms with Gasteiger partial charge in [0.15, 0.2) is 5.43 Å². The second kappa shape index (κ2) is 8.49. The molecular formula is C23H23ClFNO5. The number of halogens is 2. The fourth-order valence-electron chi connectivity index (χ4n) is 4.42. The van der Waals surface area contributed by atoms with Crippen molar-refractivity contribution in [2.45, 2.75) is 18.4 Å². The van der Waals surface area contributed by atoms with E-state index in [0.717, 1.165) is 13.0 Å². The Bertz CT molecular complexity index is 1190. The standard InChI is InChI=1S/C23H23ClFNO5/c1-26-8-7-12(15(26)11-27)20-18(29-2)10-19(30-3)21-16(28)9-17(31-23(20)21)13-5-4-6-14(25)22(13)24/h4-6,9-10,12,15,27H,7-8,11H2,1-3H3/t12-,15+/m0/s1. The first-order valence-corrected chi connectivity index (χ1v) is 10.3. The SMILES string of the molecule is COc1cc(OC)c2c(=O)cc(-c3cccc(F)c3Cl)oc2c1[C@H]1CCN(C)[C@@H]1CO. The Morgan fingerprint density at radius 1 is 1.26 bits per heavy atom. The van der Waals surface area contributed by atoms with Gasteiger partial charge in [-0.15, -0.1) is 0 Å². The van der Waals surface area contributed by atoms with Gasteiger partial charge >= 0.3 is 0 Å². The molecule has 0 saturated carbocycles. The number of likely N-dealkylation sites (tertiary alicyclic amines) is 1. The molecule has 6 nitrogen and oxygen atoms in total. The minimum absolute atomic E-state index is 0.0580. The van der Waals surface area contributed by atoms with E-state index in [4.69, 9.17) is 25.5 Å². The molecule has 1 saturated heterocycles. The monoisotopic (exact) mass is 447 g/mol. The smallest absolute Gasteiger partial charge is 0.197 e. The highest BCUT2D eigenvalue weighted by molar-refractivity contribution is 6.33. The van der Waals surface area contributed by atoms with Crippen molar-refractivity contribution in [2.75, 3.05) is 34.4 Å². The highest BCUT2D eigenvalue weighted by atomic mass is 35.5. The summed E-state index contributed by atoms with van der Waals surface area (Å²) in [5, 5.41) is 10.1. The molecule has 31 heavy (non-hydrogen) atoms. The molecule has 0 aliphatic carbocycles. The summed E-state index contributed by atoms with van der Waals surface area (Å²) in [6.07, 6.45) is 0.744. The topological polar surface area (TPSA) is 72.1 Å². The summed E-state index contributed by atoms with van der Waals surface area (Å²) >= 11 is 6.15. The van der Waals surface area contributed by atoms with E-state index in [1.54, 1.807) is 12.1 Å². The third-order valence-electron chi connectivity index (χ3n) is 6.00. The van der Waals surface area contributed by atoms with Crippen molar-refractivity contribution in [3.05, 3.63) is 57.0 Å². The number of nitrogens with zero attached hydrogens (tertiary/aromatic N) is 1. The van der Waals surface area contributed by atoms with Crippen molar-refractivity contribution >= 4 is 22.6 Å². The molecule has 1 aliphatic heterocycles. The molecule has 2 atom stereocenters. The van der Waals surface area contributed by atoms with Gasteiger partial charge in [0.05, 0.1) is 25.8 Å². The fraction of sp³-hybridized carbons (Fsp3) is 0.348. The van der Waals surface area contributed by atoms with E-state index in [1.165, 1.54) is 32.4 Å². The van der Waals surface area contributed by atoms with Crippen molar-refractivity contribution < 1.29 is 23.4 Å². The molecule has 1 fully saturated rings. The molecule has 164 valence electrons. The Balaban J connectivity index is 2.07. The number of hydrogen-bond donors (Lipinski definition) is 1. The van der Waals surface area contributed by atoms with Crippen LogP contribution in [-0.4, -0.2) is 50.5 Å². The van der Waals surface area contributed by atoms with Crippen LogP contribution in [0.5, 0.6) is 11.5 Å². The lowest BCUT2D eigenvalue weighted by Crippen LogP contribution is -2.32. The van der Waals surface area contributed by atoms with Crippen molar-refractivity contribution in [1.82, 2.24) is 4.90 Å². The summed E-state index contributed by atoms with van der Waals surface area (Å²) in [6.45, 7) is 0.712. The molecule has 0 radical (unpaired) electrons. The van der Waals surface area contributed by atoms with E-state index in [-0.39, 0.29) is 51.3 Å². The van der Waals surface area contributed by atoms with Gasteiger partial charge in [-0.2, -0.15) is 0 Å². The average molecular weight is 448 g/mol. The van der Waals surface area contributed by atoms with Crippen LogP contribution in [0, 0.1) is 5.82 Å². The van der Waals surface area contributed by atoms with E-state index >= 15 is 0 Å². The first-order valence-electron chi connectivity index (χ1n) is 9.89. The van der Waals surface area contributed by atoms with Crippen LogP contribution in [0.15, 0.2) is 39.5 Å². The maximum absolute atomic E-state index is 14.1. The fourth-order valence-corrected chi connectivity index (χ4v) is 4.64. The zero-order valence-electron chi connectivity index (χ0n) is 17.4. The Morgan fingerprint density at radius 2 is 2.00 bits per heavy atom. The first-order chi connectivity index (χ1) is 14.9. The third kappa shape index (κ3) is 3.56. The van der Waals surface area contributed by atoms with E-state index in [9.17, 15) is 14.3 Å².